The Balaban J connectivity index is 2.49. The maximum atomic E-state index is 9.31. The van der Waals surface area contributed by atoms with Crippen LogP contribution in [0.5, 0.6) is 5.75 Å². The zero-order valence-electron chi connectivity index (χ0n) is 7.81. The Bertz CT molecular complexity index is 436. The van der Waals surface area contributed by atoms with Crippen LogP contribution < -0.4 is 5.32 Å². The van der Waals surface area contributed by atoms with E-state index in [0.717, 1.165) is 11.5 Å². The lowest BCUT2D eigenvalue weighted by Crippen LogP contribution is -2.01. The molecule has 0 atom stereocenters. The molecule has 14 heavy (non-hydrogen) atoms. The Kier molecular flexibility index (Phi) is 2.10. The second-order valence-corrected chi connectivity index (χ2v) is 2.90. The normalized spacial score (nSPS) is 10.1. The summed E-state index contributed by atoms with van der Waals surface area (Å²) in [6.45, 7) is 0. The van der Waals surface area contributed by atoms with Crippen molar-refractivity contribution in [1.82, 2.24) is 9.78 Å². The second kappa shape index (κ2) is 3.41. The SMILES string of the molecule is CNc1ccnn1-c1cccc(O)c1. The molecule has 0 saturated carbocycles. The summed E-state index contributed by atoms with van der Waals surface area (Å²) in [6.07, 6.45) is 1.70. The number of hydrogen-bond acceptors (Lipinski definition) is 3. The first-order valence-electron chi connectivity index (χ1n) is 4.32. The van der Waals surface area contributed by atoms with Crippen molar-refractivity contribution in [3.63, 3.8) is 0 Å². The molecule has 0 aliphatic carbocycles. The van der Waals surface area contributed by atoms with Crippen molar-refractivity contribution in [3.8, 4) is 11.4 Å². The van der Waals surface area contributed by atoms with Gasteiger partial charge in [-0.25, -0.2) is 4.68 Å². The van der Waals surface area contributed by atoms with Crippen molar-refractivity contribution in [2.75, 3.05) is 12.4 Å². The molecular formula is C10H11N3O. The van der Waals surface area contributed by atoms with Crippen LogP contribution in [0.1, 0.15) is 0 Å². The molecule has 0 fully saturated rings. The molecule has 0 aliphatic rings. The highest BCUT2D eigenvalue weighted by Crippen LogP contribution is 2.18. The molecule has 0 unspecified atom stereocenters. The summed E-state index contributed by atoms with van der Waals surface area (Å²) in [6, 6.07) is 8.82. The van der Waals surface area contributed by atoms with Gasteiger partial charge in [-0.15, -0.1) is 0 Å². The minimum atomic E-state index is 0.236. The number of phenolic OH excluding ortho intramolecular Hbond substituents is 1. The monoisotopic (exact) mass is 189 g/mol. The Morgan fingerprint density at radius 2 is 2.21 bits per heavy atom. The van der Waals surface area contributed by atoms with Crippen molar-refractivity contribution in [2.24, 2.45) is 0 Å². The molecule has 2 N–H and O–H groups in total. The van der Waals surface area contributed by atoms with Crippen molar-refractivity contribution in [2.45, 2.75) is 0 Å². The van der Waals surface area contributed by atoms with E-state index in [1.165, 1.54) is 0 Å². The highest BCUT2D eigenvalue weighted by Gasteiger charge is 2.02. The lowest BCUT2D eigenvalue weighted by Gasteiger charge is -2.06. The molecule has 0 saturated heterocycles. The Labute approximate surface area is 81.8 Å². The van der Waals surface area contributed by atoms with Crippen LogP contribution >= 0.6 is 0 Å². The molecule has 0 amide bonds. The summed E-state index contributed by atoms with van der Waals surface area (Å²) >= 11 is 0. The molecule has 4 nitrogen and oxygen atoms in total. The summed E-state index contributed by atoms with van der Waals surface area (Å²) in [7, 11) is 1.83. The van der Waals surface area contributed by atoms with E-state index >= 15 is 0 Å². The number of aromatic nitrogens is 2. The average Bonchev–Trinajstić information content (AvgIpc) is 2.65. The number of hydrogen-bond donors (Lipinski definition) is 2. The van der Waals surface area contributed by atoms with Gasteiger partial charge < -0.3 is 10.4 Å². The van der Waals surface area contributed by atoms with E-state index < -0.39 is 0 Å². The third-order valence-electron chi connectivity index (χ3n) is 1.97. The molecule has 1 aromatic heterocycles. The molecule has 1 heterocycles. The van der Waals surface area contributed by atoms with E-state index in [0.29, 0.717) is 0 Å². The number of aromatic hydroxyl groups is 1. The molecule has 0 aliphatic heterocycles. The zero-order valence-corrected chi connectivity index (χ0v) is 7.81. The summed E-state index contributed by atoms with van der Waals surface area (Å²) < 4.78 is 1.72. The molecule has 0 spiro atoms. The third-order valence-corrected chi connectivity index (χ3v) is 1.97. The predicted molar refractivity (Wildman–Crippen MR) is 54.8 cm³/mol. The van der Waals surface area contributed by atoms with Crippen LogP contribution in [-0.2, 0) is 0 Å². The third kappa shape index (κ3) is 1.42. The number of phenols is 1. The fourth-order valence-electron chi connectivity index (χ4n) is 1.32. The van der Waals surface area contributed by atoms with Gasteiger partial charge in [0.2, 0.25) is 0 Å². The first-order chi connectivity index (χ1) is 6.81. The van der Waals surface area contributed by atoms with E-state index in [2.05, 4.69) is 10.4 Å². The number of benzene rings is 1. The van der Waals surface area contributed by atoms with Gasteiger partial charge in [-0.05, 0) is 12.1 Å². The van der Waals surface area contributed by atoms with Gasteiger partial charge in [0, 0.05) is 19.2 Å². The summed E-state index contributed by atoms with van der Waals surface area (Å²) in [5.74, 6) is 1.12. The molecule has 72 valence electrons. The van der Waals surface area contributed by atoms with Gasteiger partial charge in [0.05, 0.1) is 11.9 Å². The second-order valence-electron chi connectivity index (χ2n) is 2.90. The predicted octanol–water partition coefficient (Wildman–Crippen LogP) is 1.62. The quantitative estimate of drug-likeness (QED) is 0.754. The van der Waals surface area contributed by atoms with Crippen LogP contribution in [0.25, 0.3) is 5.69 Å². The Hall–Kier alpha value is -1.97. The lowest BCUT2D eigenvalue weighted by atomic mass is 10.3. The largest absolute Gasteiger partial charge is 0.508 e. The molecule has 0 bridgehead atoms. The maximum Gasteiger partial charge on any atom is 0.129 e. The van der Waals surface area contributed by atoms with Gasteiger partial charge >= 0.3 is 0 Å². The molecular weight excluding hydrogens is 178 g/mol. The Morgan fingerprint density at radius 1 is 1.36 bits per heavy atom. The number of rotatable bonds is 2. The van der Waals surface area contributed by atoms with Crippen LogP contribution in [-0.4, -0.2) is 21.9 Å². The van der Waals surface area contributed by atoms with Crippen LogP contribution in [0.15, 0.2) is 36.5 Å². The fourth-order valence-corrected chi connectivity index (χ4v) is 1.32. The summed E-state index contributed by atoms with van der Waals surface area (Å²) in [5.41, 5.74) is 0.833. The number of nitrogens with one attached hydrogen (secondary N) is 1. The molecule has 2 aromatic rings. The van der Waals surface area contributed by atoms with Gasteiger partial charge in [-0.2, -0.15) is 5.10 Å². The van der Waals surface area contributed by atoms with Gasteiger partial charge in [-0.3, -0.25) is 0 Å². The van der Waals surface area contributed by atoms with Crippen molar-refractivity contribution < 1.29 is 5.11 Å². The van der Waals surface area contributed by atoms with Gasteiger partial charge in [-0.1, -0.05) is 6.07 Å². The van der Waals surface area contributed by atoms with Crippen LogP contribution in [0.3, 0.4) is 0 Å². The summed E-state index contributed by atoms with van der Waals surface area (Å²) in [5, 5.41) is 16.5. The minimum absolute atomic E-state index is 0.236. The van der Waals surface area contributed by atoms with E-state index in [4.69, 9.17) is 0 Å². The molecule has 2 rings (SSSR count). The van der Waals surface area contributed by atoms with Crippen molar-refractivity contribution in [3.05, 3.63) is 36.5 Å². The topological polar surface area (TPSA) is 50.1 Å². The average molecular weight is 189 g/mol. The first-order valence-corrected chi connectivity index (χ1v) is 4.32. The van der Waals surface area contributed by atoms with Gasteiger partial charge in [0.15, 0.2) is 0 Å². The van der Waals surface area contributed by atoms with Gasteiger partial charge in [0.25, 0.3) is 0 Å². The zero-order chi connectivity index (χ0) is 9.97. The highest BCUT2D eigenvalue weighted by atomic mass is 16.3. The lowest BCUT2D eigenvalue weighted by molar-refractivity contribution is 0.475. The number of anilines is 1. The van der Waals surface area contributed by atoms with E-state index in [-0.39, 0.29) is 5.75 Å². The molecule has 1 aromatic carbocycles. The van der Waals surface area contributed by atoms with E-state index in [1.54, 1.807) is 29.1 Å². The van der Waals surface area contributed by atoms with Gasteiger partial charge in [0.1, 0.15) is 11.6 Å². The van der Waals surface area contributed by atoms with Crippen LogP contribution in [0.2, 0.25) is 0 Å². The molecule has 4 heteroatoms. The van der Waals surface area contributed by atoms with Crippen LogP contribution in [0, 0.1) is 0 Å². The van der Waals surface area contributed by atoms with Crippen LogP contribution in [0.4, 0.5) is 5.82 Å². The summed E-state index contributed by atoms with van der Waals surface area (Å²) in [4.78, 5) is 0. The maximum absolute atomic E-state index is 9.31. The van der Waals surface area contributed by atoms with E-state index in [1.807, 2.05) is 19.2 Å². The highest BCUT2D eigenvalue weighted by molar-refractivity contribution is 5.46. The Morgan fingerprint density at radius 3 is 2.93 bits per heavy atom. The van der Waals surface area contributed by atoms with E-state index in [9.17, 15) is 5.11 Å². The minimum Gasteiger partial charge on any atom is -0.508 e. The number of nitrogens with zero attached hydrogens (tertiary/aromatic N) is 2. The van der Waals surface area contributed by atoms with Crippen molar-refractivity contribution in [1.29, 1.82) is 0 Å². The fraction of sp³-hybridized carbons (Fsp3) is 0.100. The molecule has 0 radical (unpaired) electrons. The standard InChI is InChI=1S/C10H11N3O/c1-11-10-5-6-12-13(10)8-3-2-4-9(14)7-8/h2-7,11,14H,1H3. The first kappa shape index (κ1) is 8.62. The smallest absolute Gasteiger partial charge is 0.129 e. The van der Waals surface area contributed by atoms with Crippen molar-refractivity contribution >= 4 is 5.82 Å².